The molecule has 0 atom stereocenters. The number of anilines is 1. The van der Waals surface area contributed by atoms with E-state index in [0.717, 1.165) is 6.07 Å². The predicted octanol–water partition coefficient (Wildman–Crippen LogP) is 3.02. The van der Waals surface area contributed by atoms with Gasteiger partial charge in [-0.3, -0.25) is 9.82 Å². The molecule has 2 heterocycles. The van der Waals surface area contributed by atoms with Crippen LogP contribution in [0, 0.1) is 17.1 Å². The second kappa shape index (κ2) is 7.38. The van der Waals surface area contributed by atoms with Crippen LogP contribution in [0.25, 0.3) is 10.9 Å². The number of aryl methyl sites for hydroxylation is 1. The zero-order valence-corrected chi connectivity index (χ0v) is 15.5. The molecule has 0 amide bonds. The molecule has 0 saturated heterocycles. The maximum Gasteiger partial charge on any atom is 0.280 e. The number of nitriles is 1. The Morgan fingerprint density at radius 1 is 1.41 bits per heavy atom. The van der Waals surface area contributed by atoms with Crippen LogP contribution < -0.4 is 9.46 Å². The number of halogens is 2. The second-order valence-corrected chi connectivity index (χ2v) is 7.52. The summed E-state index contributed by atoms with van der Waals surface area (Å²) in [6.45, 7) is 0. The molecule has 3 rings (SSSR count). The molecule has 0 aliphatic heterocycles. The molecule has 0 radical (unpaired) electrons. The van der Waals surface area contributed by atoms with Crippen LogP contribution in [-0.4, -0.2) is 30.7 Å². The fourth-order valence-electron chi connectivity index (χ4n) is 2.47. The number of ether oxygens (including phenoxy) is 1. The quantitative estimate of drug-likeness (QED) is 0.645. The van der Waals surface area contributed by atoms with Crippen LogP contribution in [0.3, 0.4) is 0 Å². The van der Waals surface area contributed by atoms with E-state index in [4.69, 9.17) is 21.6 Å². The highest BCUT2D eigenvalue weighted by molar-refractivity contribution is 7.92. The Morgan fingerprint density at radius 2 is 2.19 bits per heavy atom. The van der Waals surface area contributed by atoms with Gasteiger partial charge >= 0.3 is 0 Å². The number of nitrogens with zero attached hydrogens (tertiary/aromatic N) is 3. The van der Waals surface area contributed by atoms with E-state index < -0.39 is 21.7 Å². The van der Waals surface area contributed by atoms with Gasteiger partial charge in [-0.1, -0.05) is 11.6 Å². The van der Waals surface area contributed by atoms with Crippen molar-refractivity contribution < 1.29 is 17.5 Å². The van der Waals surface area contributed by atoms with Gasteiger partial charge in [0.25, 0.3) is 10.0 Å². The second-order valence-electron chi connectivity index (χ2n) is 5.47. The molecular formula is C16H13ClFN5O3S. The lowest BCUT2D eigenvalue weighted by Gasteiger charge is -2.11. The van der Waals surface area contributed by atoms with Crippen molar-refractivity contribution in [2.75, 3.05) is 11.8 Å². The van der Waals surface area contributed by atoms with Gasteiger partial charge in [0.05, 0.1) is 18.7 Å². The highest BCUT2D eigenvalue weighted by Crippen LogP contribution is 2.27. The minimum Gasteiger partial charge on any atom is -0.481 e. The van der Waals surface area contributed by atoms with Gasteiger partial charge in [-0.25, -0.2) is 4.39 Å². The zero-order valence-electron chi connectivity index (χ0n) is 14.0. The van der Waals surface area contributed by atoms with Gasteiger partial charge in [0.15, 0.2) is 16.7 Å². The van der Waals surface area contributed by atoms with E-state index in [9.17, 15) is 12.8 Å². The first-order valence-electron chi connectivity index (χ1n) is 7.62. The number of hydrogen-bond acceptors (Lipinski definition) is 6. The molecule has 0 unspecified atom stereocenters. The van der Waals surface area contributed by atoms with E-state index in [1.807, 2.05) is 6.07 Å². The number of aromatic nitrogens is 3. The van der Waals surface area contributed by atoms with Crippen molar-refractivity contribution in [3.8, 4) is 11.9 Å². The van der Waals surface area contributed by atoms with Gasteiger partial charge in [0.2, 0.25) is 5.88 Å². The number of methoxy groups -OCH3 is 1. The van der Waals surface area contributed by atoms with Crippen molar-refractivity contribution >= 4 is 38.3 Å². The summed E-state index contributed by atoms with van der Waals surface area (Å²) in [5.74, 6) is -1.38. The molecule has 27 heavy (non-hydrogen) atoms. The first-order valence-corrected chi connectivity index (χ1v) is 9.48. The van der Waals surface area contributed by atoms with Crippen LogP contribution in [-0.2, 0) is 16.4 Å². The molecule has 0 saturated carbocycles. The van der Waals surface area contributed by atoms with E-state index in [1.165, 1.54) is 25.3 Å². The summed E-state index contributed by atoms with van der Waals surface area (Å²) < 4.78 is 46.9. The van der Waals surface area contributed by atoms with Gasteiger partial charge < -0.3 is 4.74 Å². The number of benzene rings is 1. The van der Waals surface area contributed by atoms with Crippen molar-refractivity contribution in [2.45, 2.75) is 17.9 Å². The molecule has 3 aromatic rings. The van der Waals surface area contributed by atoms with Crippen LogP contribution in [0.1, 0.15) is 12.0 Å². The summed E-state index contributed by atoms with van der Waals surface area (Å²) in [5.41, 5.74) is 0.710. The maximum absolute atomic E-state index is 14.4. The first-order chi connectivity index (χ1) is 12.9. The number of rotatable bonds is 6. The molecule has 2 N–H and O–H groups in total. The topological polar surface area (TPSA) is 121 Å². The standard InChI is InChI=1S/C16H13ClFN5O3S/c1-26-15-9(3-2-6-19)7-12(18)14(20-15)23-27(24,25)16-11-5-4-10(17)8-13(11)21-22-16/h4-5,7-8H,2-3H2,1H3,(H,20,23)(H,21,22). The van der Waals surface area contributed by atoms with Crippen molar-refractivity contribution in [3.05, 3.63) is 40.7 Å². The summed E-state index contributed by atoms with van der Waals surface area (Å²) in [7, 11) is -2.89. The molecule has 2 aromatic heterocycles. The molecule has 140 valence electrons. The third-order valence-electron chi connectivity index (χ3n) is 3.70. The van der Waals surface area contributed by atoms with Gasteiger partial charge in [0.1, 0.15) is 0 Å². The monoisotopic (exact) mass is 409 g/mol. The Bertz CT molecular complexity index is 1160. The Morgan fingerprint density at radius 3 is 2.89 bits per heavy atom. The van der Waals surface area contributed by atoms with Crippen molar-refractivity contribution in [2.24, 2.45) is 0 Å². The third kappa shape index (κ3) is 3.79. The largest absolute Gasteiger partial charge is 0.481 e. The Kier molecular flexibility index (Phi) is 5.16. The van der Waals surface area contributed by atoms with Crippen molar-refractivity contribution in [1.29, 1.82) is 5.26 Å². The van der Waals surface area contributed by atoms with Crippen LogP contribution in [0.15, 0.2) is 29.3 Å². The number of hydrogen-bond donors (Lipinski definition) is 2. The summed E-state index contributed by atoms with van der Waals surface area (Å²) >= 11 is 5.86. The Hall–Kier alpha value is -2.90. The summed E-state index contributed by atoms with van der Waals surface area (Å²) in [6.07, 6.45) is 0.369. The highest BCUT2D eigenvalue weighted by atomic mass is 35.5. The third-order valence-corrected chi connectivity index (χ3v) is 5.24. The lowest BCUT2D eigenvalue weighted by molar-refractivity contribution is 0.391. The molecule has 0 aliphatic carbocycles. The van der Waals surface area contributed by atoms with Crippen LogP contribution in [0.5, 0.6) is 5.88 Å². The summed E-state index contributed by atoms with van der Waals surface area (Å²) in [4.78, 5) is 3.88. The van der Waals surface area contributed by atoms with E-state index in [0.29, 0.717) is 21.5 Å². The normalized spacial score (nSPS) is 11.3. The summed E-state index contributed by atoms with van der Waals surface area (Å²) in [5, 5.41) is 15.4. The average Bonchev–Trinajstić information content (AvgIpc) is 3.05. The number of nitrogens with one attached hydrogen (secondary N) is 2. The maximum atomic E-state index is 14.4. The molecule has 0 bridgehead atoms. The zero-order chi connectivity index (χ0) is 19.6. The van der Waals surface area contributed by atoms with Gasteiger partial charge in [-0.2, -0.15) is 23.8 Å². The van der Waals surface area contributed by atoms with E-state index in [2.05, 4.69) is 19.9 Å². The minimum atomic E-state index is -4.21. The lowest BCUT2D eigenvalue weighted by atomic mass is 10.1. The number of aromatic amines is 1. The van der Waals surface area contributed by atoms with E-state index in [-0.39, 0.29) is 23.7 Å². The van der Waals surface area contributed by atoms with Crippen LogP contribution >= 0.6 is 11.6 Å². The number of sulfonamides is 1. The highest BCUT2D eigenvalue weighted by Gasteiger charge is 2.24. The van der Waals surface area contributed by atoms with Gasteiger partial charge in [-0.15, -0.1) is 0 Å². The molecule has 11 heteroatoms. The van der Waals surface area contributed by atoms with Crippen molar-refractivity contribution in [1.82, 2.24) is 15.2 Å². The molecule has 0 spiro atoms. The van der Waals surface area contributed by atoms with Crippen LogP contribution in [0.4, 0.5) is 10.2 Å². The fourth-order valence-corrected chi connectivity index (χ4v) is 3.77. The van der Waals surface area contributed by atoms with E-state index in [1.54, 1.807) is 0 Å². The molecular weight excluding hydrogens is 397 g/mol. The number of fused-ring (bicyclic) bond motifs is 1. The fraction of sp³-hybridized carbons (Fsp3) is 0.188. The predicted molar refractivity (Wildman–Crippen MR) is 96.6 cm³/mol. The number of pyridine rings is 1. The Balaban J connectivity index is 1.99. The van der Waals surface area contributed by atoms with Gasteiger partial charge in [0, 0.05) is 22.4 Å². The average molecular weight is 410 g/mol. The van der Waals surface area contributed by atoms with Crippen LogP contribution in [0.2, 0.25) is 5.02 Å². The minimum absolute atomic E-state index is 0.0330. The molecule has 1 aromatic carbocycles. The smallest absolute Gasteiger partial charge is 0.280 e. The summed E-state index contributed by atoms with van der Waals surface area (Å²) in [6, 6.07) is 7.54. The number of H-pyrrole nitrogens is 1. The lowest BCUT2D eigenvalue weighted by Crippen LogP contribution is -2.16. The molecule has 0 aliphatic rings. The first kappa shape index (κ1) is 18.9. The molecule has 8 nitrogen and oxygen atoms in total. The van der Waals surface area contributed by atoms with E-state index >= 15 is 0 Å². The SMILES string of the molecule is COc1nc(NS(=O)(=O)c2[nH]nc3cc(Cl)ccc23)c(F)cc1CCC#N. The molecule has 0 fully saturated rings. The van der Waals surface area contributed by atoms with Crippen molar-refractivity contribution in [3.63, 3.8) is 0 Å². The Labute approximate surface area is 159 Å². The van der Waals surface area contributed by atoms with Gasteiger partial charge in [-0.05, 0) is 30.7 Å².